The zero-order valence-electron chi connectivity index (χ0n) is 14.0. The van der Waals surface area contributed by atoms with E-state index < -0.39 is 0 Å². The SMILES string of the molecule is C=C(NCC1Cc2ccccc2C1)NC(CC)C(C)(C)C. The molecule has 1 aliphatic rings. The molecule has 1 atom stereocenters. The third kappa shape index (κ3) is 4.26. The first-order valence-corrected chi connectivity index (χ1v) is 8.16. The van der Waals surface area contributed by atoms with Crippen molar-refractivity contribution in [2.45, 2.75) is 53.0 Å². The molecule has 0 spiro atoms. The lowest BCUT2D eigenvalue weighted by Crippen LogP contribution is -2.43. The highest BCUT2D eigenvalue weighted by Crippen LogP contribution is 2.26. The number of rotatable bonds is 6. The lowest BCUT2D eigenvalue weighted by molar-refractivity contribution is 0.271. The Morgan fingerprint density at radius 1 is 1.24 bits per heavy atom. The van der Waals surface area contributed by atoms with E-state index in [9.17, 15) is 0 Å². The second kappa shape index (κ2) is 6.55. The number of hydrogen-bond donors (Lipinski definition) is 2. The maximum absolute atomic E-state index is 4.14. The highest BCUT2D eigenvalue weighted by Gasteiger charge is 2.24. The minimum absolute atomic E-state index is 0.253. The third-order valence-corrected chi connectivity index (χ3v) is 4.54. The van der Waals surface area contributed by atoms with Crippen LogP contribution in [0, 0.1) is 11.3 Å². The van der Waals surface area contributed by atoms with Gasteiger partial charge in [0, 0.05) is 12.6 Å². The van der Waals surface area contributed by atoms with Gasteiger partial charge in [0.2, 0.25) is 0 Å². The quantitative estimate of drug-likeness (QED) is 0.829. The number of hydrogen-bond acceptors (Lipinski definition) is 2. The summed E-state index contributed by atoms with van der Waals surface area (Å²) in [6.07, 6.45) is 3.49. The fraction of sp³-hybridized carbons (Fsp3) is 0.579. The van der Waals surface area contributed by atoms with Gasteiger partial charge in [0.25, 0.3) is 0 Å². The van der Waals surface area contributed by atoms with E-state index in [0.717, 1.165) is 18.8 Å². The van der Waals surface area contributed by atoms with Crippen LogP contribution in [-0.2, 0) is 12.8 Å². The Hall–Kier alpha value is -1.44. The van der Waals surface area contributed by atoms with Crippen LogP contribution in [0.5, 0.6) is 0 Å². The van der Waals surface area contributed by atoms with E-state index in [4.69, 9.17) is 0 Å². The molecule has 21 heavy (non-hydrogen) atoms. The van der Waals surface area contributed by atoms with Crippen LogP contribution in [0.3, 0.4) is 0 Å². The molecule has 1 aromatic carbocycles. The van der Waals surface area contributed by atoms with E-state index in [1.54, 1.807) is 0 Å². The summed E-state index contributed by atoms with van der Waals surface area (Å²) in [7, 11) is 0. The average Bonchev–Trinajstić information content (AvgIpc) is 2.84. The summed E-state index contributed by atoms with van der Waals surface area (Å²) in [5, 5.41) is 7.04. The van der Waals surface area contributed by atoms with Gasteiger partial charge >= 0.3 is 0 Å². The van der Waals surface area contributed by atoms with Gasteiger partial charge in [0.1, 0.15) is 0 Å². The molecule has 116 valence electrons. The van der Waals surface area contributed by atoms with Crippen LogP contribution in [0.2, 0.25) is 0 Å². The minimum Gasteiger partial charge on any atom is -0.372 e. The Morgan fingerprint density at radius 3 is 2.29 bits per heavy atom. The fourth-order valence-electron chi connectivity index (χ4n) is 3.25. The monoisotopic (exact) mass is 286 g/mol. The highest BCUT2D eigenvalue weighted by atomic mass is 15.1. The molecular weight excluding hydrogens is 256 g/mol. The van der Waals surface area contributed by atoms with Crippen molar-refractivity contribution in [3.8, 4) is 0 Å². The van der Waals surface area contributed by atoms with Crippen molar-refractivity contribution in [3.05, 3.63) is 47.8 Å². The summed E-state index contributed by atoms with van der Waals surface area (Å²) in [5.74, 6) is 1.66. The van der Waals surface area contributed by atoms with Gasteiger partial charge in [-0.15, -0.1) is 0 Å². The maximum atomic E-state index is 4.14. The molecule has 0 fully saturated rings. The summed E-state index contributed by atoms with van der Waals surface area (Å²) in [6.45, 7) is 14.2. The lowest BCUT2D eigenvalue weighted by atomic mass is 9.85. The summed E-state index contributed by atoms with van der Waals surface area (Å²) in [4.78, 5) is 0. The Morgan fingerprint density at radius 2 is 1.81 bits per heavy atom. The first-order chi connectivity index (χ1) is 9.90. The van der Waals surface area contributed by atoms with Crippen LogP contribution >= 0.6 is 0 Å². The molecule has 0 saturated carbocycles. The van der Waals surface area contributed by atoms with E-state index in [1.807, 2.05) is 0 Å². The zero-order valence-corrected chi connectivity index (χ0v) is 14.0. The molecule has 2 rings (SSSR count). The Bertz CT molecular complexity index is 460. The van der Waals surface area contributed by atoms with Crippen molar-refractivity contribution in [2.24, 2.45) is 11.3 Å². The standard InChI is InChI=1S/C19H30N2/c1-6-18(19(3,4)5)21-14(2)20-13-15-11-16-9-7-8-10-17(16)12-15/h7-10,15,18,20-21H,2,6,11-13H2,1,3-5H3. The molecule has 2 N–H and O–H groups in total. The number of nitrogens with one attached hydrogen (secondary N) is 2. The molecule has 0 bridgehead atoms. The maximum Gasteiger partial charge on any atom is 0.0914 e. The molecular formula is C19H30N2. The van der Waals surface area contributed by atoms with E-state index >= 15 is 0 Å². The van der Waals surface area contributed by atoms with Crippen LogP contribution in [0.25, 0.3) is 0 Å². The normalized spacial score (nSPS) is 16.4. The molecule has 0 amide bonds. The van der Waals surface area contributed by atoms with Crippen molar-refractivity contribution in [3.63, 3.8) is 0 Å². The van der Waals surface area contributed by atoms with Gasteiger partial charge in [-0.3, -0.25) is 0 Å². The van der Waals surface area contributed by atoms with Gasteiger partial charge < -0.3 is 10.6 Å². The molecule has 0 radical (unpaired) electrons. The van der Waals surface area contributed by atoms with Crippen molar-refractivity contribution < 1.29 is 0 Å². The molecule has 1 unspecified atom stereocenters. The van der Waals surface area contributed by atoms with E-state index in [2.05, 4.69) is 69.2 Å². The Balaban J connectivity index is 1.78. The minimum atomic E-state index is 0.253. The van der Waals surface area contributed by atoms with Gasteiger partial charge in [-0.25, -0.2) is 0 Å². The van der Waals surface area contributed by atoms with Crippen LogP contribution in [0.1, 0.15) is 45.2 Å². The summed E-state index contributed by atoms with van der Waals surface area (Å²) < 4.78 is 0. The van der Waals surface area contributed by atoms with Crippen LogP contribution < -0.4 is 10.6 Å². The molecule has 0 aliphatic heterocycles. The summed E-state index contributed by atoms with van der Waals surface area (Å²) in [5.41, 5.74) is 3.29. The predicted molar refractivity (Wildman–Crippen MR) is 91.2 cm³/mol. The van der Waals surface area contributed by atoms with Crippen molar-refractivity contribution in [1.82, 2.24) is 10.6 Å². The van der Waals surface area contributed by atoms with Gasteiger partial charge in [-0.1, -0.05) is 58.5 Å². The van der Waals surface area contributed by atoms with Crippen molar-refractivity contribution >= 4 is 0 Å². The Labute approximate surface area is 130 Å². The average molecular weight is 286 g/mol. The first-order valence-electron chi connectivity index (χ1n) is 8.16. The third-order valence-electron chi connectivity index (χ3n) is 4.54. The summed E-state index contributed by atoms with van der Waals surface area (Å²) >= 11 is 0. The topological polar surface area (TPSA) is 24.1 Å². The van der Waals surface area contributed by atoms with Crippen LogP contribution in [0.15, 0.2) is 36.7 Å². The van der Waals surface area contributed by atoms with Gasteiger partial charge in [0.15, 0.2) is 0 Å². The second-order valence-electron chi connectivity index (χ2n) is 7.37. The van der Waals surface area contributed by atoms with Gasteiger partial charge in [-0.2, -0.15) is 0 Å². The van der Waals surface area contributed by atoms with E-state index in [1.165, 1.54) is 24.0 Å². The lowest BCUT2D eigenvalue weighted by Gasteiger charge is -2.32. The van der Waals surface area contributed by atoms with Crippen molar-refractivity contribution in [1.29, 1.82) is 0 Å². The highest BCUT2D eigenvalue weighted by molar-refractivity contribution is 5.32. The second-order valence-corrected chi connectivity index (χ2v) is 7.37. The fourth-order valence-corrected chi connectivity index (χ4v) is 3.25. The van der Waals surface area contributed by atoms with E-state index in [0.29, 0.717) is 12.0 Å². The van der Waals surface area contributed by atoms with Crippen molar-refractivity contribution in [2.75, 3.05) is 6.54 Å². The van der Waals surface area contributed by atoms with Crippen LogP contribution in [0.4, 0.5) is 0 Å². The largest absolute Gasteiger partial charge is 0.372 e. The summed E-state index contributed by atoms with van der Waals surface area (Å²) in [6, 6.07) is 9.26. The van der Waals surface area contributed by atoms with Gasteiger partial charge in [0.05, 0.1) is 5.82 Å². The van der Waals surface area contributed by atoms with Crippen LogP contribution in [-0.4, -0.2) is 12.6 Å². The molecule has 0 aromatic heterocycles. The zero-order chi connectivity index (χ0) is 15.5. The number of fused-ring (bicyclic) bond motifs is 1. The molecule has 1 aliphatic carbocycles. The Kier molecular flexibility index (Phi) is 4.97. The van der Waals surface area contributed by atoms with E-state index in [-0.39, 0.29) is 5.41 Å². The molecule has 2 nitrogen and oxygen atoms in total. The molecule has 0 heterocycles. The molecule has 0 saturated heterocycles. The first kappa shape index (κ1) is 15.9. The molecule has 1 aromatic rings. The smallest absolute Gasteiger partial charge is 0.0914 e. The van der Waals surface area contributed by atoms with Gasteiger partial charge in [-0.05, 0) is 41.7 Å². The molecule has 2 heteroatoms. The number of benzene rings is 1. The predicted octanol–water partition coefficient (Wildman–Crippen LogP) is 3.88.